The lowest BCUT2D eigenvalue weighted by Gasteiger charge is -2.20. The predicted octanol–water partition coefficient (Wildman–Crippen LogP) is 3.85. The molecule has 1 aromatic rings. The Kier molecular flexibility index (Phi) is 3.93. The predicted molar refractivity (Wildman–Crippen MR) is 73.8 cm³/mol. The Morgan fingerprint density at radius 1 is 1.25 bits per heavy atom. The molecule has 0 aliphatic heterocycles. The zero-order valence-electron chi connectivity index (χ0n) is 9.13. The fourth-order valence-electron chi connectivity index (χ4n) is 2.13. The summed E-state index contributed by atoms with van der Waals surface area (Å²) in [4.78, 5) is 0. The van der Waals surface area contributed by atoms with Gasteiger partial charge in [0.1, 0.15) is 0 Å². The maximum Gasteiger partial charge on any atom is 0.0741 e. The quantitative estimate of drug-likeness (QED) is 0.850. The van der Waals surface area contributed by atoms with Gasteiger partial charge in [-0.1, -0.05) is 0 Å². The molecule has 2 rings (SSSR count). The highest BCUT2D eigenvalue weighted by molar-refractivity contribution is 9.11. The van der Waals surface area contributed by atoms with Crippen LogP contribution >= 0.6 is 31.9 Å². The highest BCUT2D eigenvalue weighted by Crippen LogP contribution is 2.34. The molecule has 1 aliphatic carbocycles. The van der Waals surface area contributed by atoms with Gasteiger partial charge in [0.25, 0.3) is 0 Å². The first-order valence-corrected chi connectivity index (χ1v) is 7.07. The molecule has 4 heteroatoms. The highest BCUT2D eigenvalue weighted by Gasteiger charge is 2.25. The number of halogens is 2. The third-order valence-corrected chi connectivity index (χ3v) is 4.25. The molecule has 0 unspecified atom stereocenters. The van der Waals surface area contributed by atoms with Gasteiger partial charge < -0.3 is 10.4 Å². The Balaban J connectivity index is 2.21. The Morgan fingerprint density at radius 2 is 1.88 bits per heavy atom. The number of aryl methyl sites for hydroxylation is 1. The van der Waals surface area contributed by atoms with Crippen LogP contribution in [0.4, 0.5) is 5.69 Å². The SMILES string of the molecule is Cc1cc(Br)c(N[C@@H]2CCC[C@H]2O)c(Br)c1. The van der Waals surface area contributed by atoms with Crippen LogP contribution in [-0.2, 0) is 0 Å². The maximum absolute atomic E-state index is 9.79. The summed E-state index contributed by atoms with van der Waals surface area (Å²) in [7, 11) is 0. The number of nitrogens with one attached hydrogen (secondary N) is 1. The van der Waals surface area contributed by atoms with Gasteiger partial charge in [-0.2, -0.15) is 0 Å². The Labute approximate surface area is 113 Å². The fourth-order valence-corrected chi connectivity index (χ4v) is 3.78. The van der Waals surface area contributed by atoms with E-state index in [9.17, 15) is 5.11 Å². The van der Waals surface area contributed by atoms with E-state index >= 15 is 0 Å². The molecule has 0 saturated heterocycles. The summed E-state index contributed by atoms with van der Waals surface area (Å²) in [6.07, 6.45) is 2.81. The Hall–Kier alpha value is -0.0600. The van der Waals surface area contributed by atoms with Gasteiger partial charge in [0.2, 0.25) is 0 Å². The molecule has 1 saturated carbocycles. The molecule has 0 spiro atoms. The number of rotatable bonds is 2. The first-order chi connectivity index (χ1) is 7.58. The van der Waals surface area contributed by atoms with Crippen LogP contribution in [0.25, 0.3) is 0 Å². The van der Waals surface area contributed by atoms with Crippen molar-refractivity contribution in [1.82, 2.24) is 0 Å². The summed E-state index contributed by atoms with van der Waals surface area (Å²) in [5.41, 5.74) is 2.24. The molecular weight excluding hydrogens is 334 g/mol. The molecule has 88 valence electrons. The molecule has 0 amide bonds. The van der Waals surface area contributed by atoms with Crippen molar-refractivity contribution in [3.05, 3.63) is 26.6 Å². The van der Waals surface area contributed by atoms with Crippen LogP contribution in [0.2, 0.25) is 0 Å². The van der Waals surface area contributed by atoms with Gasteiger partial charge in [-0.15, -0.1) is 0 Å². The van der Waals surface area contributed by atoms with Crippen molar-refractivity contribution in [2.45, 2.75) is 38.3 Å². The van der Waals surface area contributed by atoms with Crippen molar-refractivity contribution in [1.29, 1.82) is 0 Å². The highest BCUT2D eigenvalue weighted by atomic mass is 79.9. The Morgan fingerprint density at radius 3 is 2.38 bits per heavy atom. The van der Waals surface area contributed by atoms with Crippen molar-refractivity contribution in [3.8, 4) is 0 Å². The fraction of sp³-hybridized carbons (Fsp3) is 0.500. The van der Waals surface area contributed by atoms with Crippen molar-refractivity contribution in [2.75, 3.05) is 5.32 Å². The van der Waals surface area contributed by atoms with Gasteiger partial charge in [0.15, 0.2) is 0 Å². The zero-order chi connectivity index (χ0) is 11.7. The molecule has 1 aromatic carbocycles. The van der Waals surface area contributed by atoms with E-state index in [4.69, 9.17) is 0 Å². The van der Waals surface area contributed by atoms with Gasteiger partial charge >= 0.3 is 0 Å². The normalized spacial score (nSPS) is 24.8. The smallest absolute Gasteiger partial charge is 0.0741 e. The van der Waals surface area contributed by atoms with Crippen molar-refractivity contribution < 1.29 is 5.11 Å². The van der Waals surface area contributed by atoms with Crippen LogP contribution < -0.4 is 5.32 Å². The lowest BCUT2D eigenvalue weighted by molar-refractivity contribution is 0.172. The molecule has 1 aliphatic rings. The van der Waals surface area contributed by atoms with Gasteiger partial charge in [-0.3, -0.25) is 0 Å². The van der Waals surface area contributed by atoms with Gasteiger partial charge in [0.05, 0.1) is 17.8 Å². The van der Waals surface area contributed by atoms with Crippen LogP contribution in [-0.4, -0.2) is 17.3 Å². The molecule has 2 atom stereocenters. The topological polar surface area (TPSA) is 32.3 Å². The Bertz CT molecular complexity index is 372. The van der Waals surface area contributed by atoms with E-state index < -0.39 is 0 Å². The molecule has 2 nitrogen and oxygen atoms in total. The van der Waals surface area contributed by atoms with Crippen LogP contribution in [0, 0.1) is 6.92 Å². The maximum atomic E-state index is 9.79. The minimum absolute atomic E-state index is 0.176. The number of anilines is 1. The van der Waals surface area contributed by atoms with E-state index in [1.165, 1.54) is 5.56 Å². The summed E-state index contributed by atoms with van der Waals surface area (Å²) in [6.45, 7) is 2.06. The van der Waals surface area contributed by atoms with Crippen molar-refractivity contribution in [3.63, 3.8) is 0 Å². The summed E-state index contributed by atoms with van der Waals surface area (Å²) in [5, 5.41) is 13.2. The first-order valence-electron chi connectivity index (χ1n) is 5.48. The third kappa shape index (κ3) is 2.60. The summed E-state index contributed by atoms with van der Waals surface area (Å²) in [6, 6.07) is 4.33. The van der Waals surface area contributed by atoms with E-state index in [-0.39, 0.29) is 12.1 Å². The molecule has 2 N–H and O–H groups in total. The standard InChI is InChI=1S/C12H15Br2NO/c1-7-5-8(13)12(9(14)6-7)15-10-3-2-4-11(10)16/h5-6,10-11,15-16H,2-4H2,1H3/t10-,11-/m1/s1. The van der Waals surface area contributed by atoms with E-state index in [0.29, 0.717) is 0 Å². The van der Waals surface area contributed by atoms with E-state index in [1.54, 1.807) is 0 Å². The van der Waals surface area contributed by atoms with Gasteiger partial charge in [-0.05, 0) is 75.7 Å². The minimum atomic E-state index is -0.222. The average Bonchev–Trinajstić information content (AvgIpc) is 2.57. The molecule has 0 radical (unpaired) electrons. The molecule has 0 aromatic heterocycles. The number of aliphatic hydroxyl groups excluding tert-OH is 1. The number of hydrogen-bond donors (Lipinski definition) is 2. The average molecular weight is 349 g/mol. The van der Waals surface area contributed by atoms with E-state index in [0.717, 1.165) is 33.9 Å². The summed E-state index contributed by atoms with van der Waals surface area (Å²) in [5.74, 6) is 0. The lowest BCUT2D eigenvalue weighted by Crippen LogP contribution is -2.28. The second-order valence-corrected chi connectivity index (χ2v) is 6.06. The minimum Gasteiger partial charge on any atom is -0.391 e. The molecule has 1 fully saturated rings. The van der Waals surface area contributed by atoms with Crippen LogP contribution in [0.5, 0.6) is 0 Å². The monoisotopic (exact) mass is 347 g/mol. The van der Waals surface area contributed by atoms with E-state index in [2.05, 4.69) is 56.2 Å². The number of aliphatic hydroxyl groups is 1. The lowest BCUT2D eigenvalue weighted by atomic mass is 10.2. The molecule has 16 heavy (non-hydrogen) atoms. The van der Waals surface area contributed by atoms with Crippen LogP contribution in [0.1, 0.15) is 24.8 Å². The van der Waals surface area contributed by atoms with Gasteiger partial charge in [0, 0.05) is 8.95 Å². The number of hydrogen-bond acceptors (Lipinski definition) is 2. The van der Waals surface area contributed by atoms with Gasteiger partial charge in [-0.25, -0.2) is 0 Å². The zero-order valence-corrected chi connectivity index (χ0v) is 12.3. The largest absolute Gasteiger partial charge is 0.391 e. The third-order valence-electron chi connectivity index (χ3n) is 3.00. The summed E-state index contributed by atoms with van der Waals surface area (Å²) >= 11 is 7.10. The second-order valence-electron chi connectivity index (χ2n) is 4.35. The van der Waals surface area contributed by atoms with Crippen LogP contribution in [0.15, 0.2) is 21.1 Å². The van der Waals surface area contributed by atoms with E-state index in [1.807, 2.05) is 0 Å². The van der Waals surface area contributed by atoms with Crippen molar-refractivity contribution >= 4 is 37.5 Å². The summed E-state index contributed by atoms with van der Waals surface area (Å²) < 4.78 is 2.08. The molecular formula is C12H15Br2NO. The number of benzene rings is 1. The first kappa shape index (κ1) is 12.4. The van der Waals surface area contributed by atoms with Crippen molar-refractivity contribution in [2.24, 2.45) is 0 Å². The molecule has 0 heterocycles. The van der Waals surface area contributed by atoms with Crippen LogP contribution in [0.3, 0.4) is 0 Å². The second kappa shape index (κ2) is 5.07. The molecule has 0 bridgehead atoms.